The molecule has 0 aliphatic carbocycles. The number of ether oxygens (including phenoxy) is 2. The molecule has 0 aliphatic heterocycles. The van der Waals surface area contributed by atoms with Crippen LogP contribution in [0, 0.1) is 0 Å². The highest BCUT2D eigenvalue weighted by molar-refractivity contribution is 5.80. The van der Waals surface area contributed by atoms with Gasteiger partial charge in [-0.05, 0) is 6.42 Å². The van der Waals surface area contributed by atoms with E-state index in [1.807, 2.05) is 0 Å². The minimum atomic E-state index is 0.623. The Hall–Kier alpha value is -0.610. The van der Waals surface area contributed by atoms with Crippen molar-refractivity contribution in [2.75, 3.05) is 33.5 Å². The van der Waals surface area contributed by atoms with Gasteiger partial charge in [0.1, 0.15) is 0 Å². The summed E-state index contributed by atoms with van der Waals surface area (Å²) in [5.41, 5.74) is 5.61. The summed E-state index contributed by atoms with van der Waals surface area (Å²) in [6.45, 7) is 4.77. The molecule has 4 nitrogen and oxygen atoms in total. The van der Waals surface area contributed by atoms with E-state index in [2.05, 4.69) is 11.9 Å². The summed E-state index contributed by atoms with van der Waals surface area (Å²) in [6, 6.07) is 0. The Balaban J connectivity index is 3.21. The second kappa shape index (κ2) is 9.48. The largest absolute Gasteiger partial charge is 0.387 e. The minimum absolute atomic E-state index is 0.623. The van der Waals surface area contributed by atoms with E-state index in [1.165, 1.54) is 0 Å². The van der Waals surface area contributed by atoms with Crippen LogP contribution >= 0.6 is 0 Å². The van der Waals surface area contributed by atoms with E-state index in [-0.39, 0.29) is 0 Å². The number of amidine groups is 1. The lowest BCUT2D eigenvalue weighted by Crippen LogP contribution is -2.16. The zero-order chi connectivity index (χ0) is 9.94. The molecule has 2 N–H and O–H groups in total. The normalized spacial score (nSPS) is 12.0. The van der Waals surface area contributed by atoms with E-state index in [0.717, 1.165) is 13.0 Å². The lowest BCUT2D eigenvalue weighted by atomic mass is 10.4. The number of nitrogens with two attached hydrogens (primary N) is 1. The van der Waals surface area contributed by atoms with Crippen molar-refractivity contribution < 1.29 is 9.47 Å². The van der Waals surface area contributed by atoms with Crippen molar-refractivity contribution in [1.29, 1.82) is 0 Å². The molecule has 0 aromatic carbocycles. The molecule has 0 heterocycles. The van der Waals surface area contributed by atoms with E-state index in [9.17, 15) is 0 Å². The summed E-state index contributed by atoms with van der Waals surface area (Å²) in [5.74, 6) is 0.680. The maximum absolute atomic E-state index is 5.61. The average molecular weight is 188 g/mol. The molecule has 13 heavy (non-hydrogen) atoms. The number of methoxy groups -OCH3 is 1. The Labute approximate surface area is 80.1 Å². The maximum atomic E-state index is 5.61. The monoisotopic (exact) mass is 188 g/mol. The Bertz CT molecular complexity index is 138. The first kappa shape index (κ1) is 12.4. The van der Waals surface area contributed by atoms with Crippen molar-refractivity contribution in [3.8, 4) is 0 Å². The van der Waals surface area contributed by atoms with Gasteiger partial charge in [0.15, 0.2) is 0 Å². The van der Waals surface area contributed by atoms with Gasteiger partial charge >= 0.3 is 0 Å². The highest BCUT2D eigenvalue weighted by Crippen LogP contribution is 1.86. The molecule has 0 aliphatic rings. The first-order chi connectivity index (χ1) is 6.31. The molecule has 78 valence electrons. The third kappa shape index (κ3) is 9.30. The van der Waals surface area contributed by atoms with E-state index < -0.39 is 0 Å². The predicted molar refractivity (Wildman–Crippen MR) is 54.1 cm³/mol. The second-order valence-corrected chi connectivity index (χ2v) is 2.73. The molecular formula is C9H20N2O2. The molecular weight excluding hydrogens is 168 g/mol. The molecule has 0 fully saturated rings. The first-order valence-electron chi connectivity index (χ1n) is 4.66. The van der Waals surface area contributed by atoms with Crippen molar-refractivity contribution >= 4 is 5.84 Å². The van der Waals surface area contributed by atoms with Crippen LogP contribution in [-0.2, 0) is 9.47 Å². The SMILES string of the molecule is CCCN=C(N)CCOCCOC. The first-order valence-corrected chi connectivity index (χ1v) is 4.66. The summed E-state index contributed by atoms with van der Waals surface area (Å²) in [4.78, 5) is 4.14. The lowest BCUT2D eigenvalue weighted by molar-refractivity contribution is 0.0742. The zero-order valence-corrected chi connectivity index (χ0v) is 8.58. The zero-order valence-electron chi connectivity index (χ0n) is 8.58. The predicted octanol–water partition coefficient (Wildman–Crippen LogP) is 0.807. The number of hydrogen-bond donors (Lipinski definition) is 1. The van der Waals surface area contributed by atoms with Gasteiger partial charge in [-0.15, -0.1) is 0 Å². The molecule has 0 atom stereocenters. The van der Waals surface area contributed by atoms with Gasteiger partial charge in [-0.25, -0.2) is 0 Å². The summed E-state index contributed by atoms with van der Waals surface area (Å²) < 4.78 is 10.1. The van der Waals surface area contributed by atoms with Crippen LogP contribution in [0.3, 0.4) is 0 Å². The van der Waals surface area contributed by atoms with E-state index >= 15 is 0 Å². The number of nitrogens with zero attached hydrogens (tertiary/aromatic N) is 1. The van der Waals surface area contributed by atoms with Gasteiger partial charge in [-0.3, -0.25) is 4.99 Å². The molecule has 0 radical (unpaired) electrons. The van der Waals surface area contributed by atoms with Crippen LogP contribution in [0.1, 0.15) is 19.8 Å². The summed E-state index contributed by atoms with van der Waals surface area (Å²) in [6.07, 6.45) is 1.74. The molecule has 0 saturated carbocycles. The van der Waals surface area contributed by atoms with Crippen LogP contribution in [0.5, 0.6) is 0 Å². The van der Waals surface area contributed by atoms with Crippen molar-refractivity contribution in [2.24, 2.45) is 10.7 Å². The van der Waals surface area contributed by atoms with Gasteiger partial charge in [0.05, 0.1) is 25.7 Å². The van der Waals surface area contributed by atoms with Crippen LogP contribution < -0.4 is 5.73 Å². The van der Waals surface area contributed by atoms with E-state index in [4.69, 9.17) is 15.2 Å². The Morgan fingerprint density at radius 1 is 1.31 bits per heavy atom. The highest BCUT2D eigenvalue weighted by Gasteiger charge is 1.92. The molecule has 0 bridgehead atoms. The fourth-order valence-electron chi connectivity index (χ4n) is 0.756. The van der Waals surface area contributed by atoms with Gasteiger partial charge in [-0.2, -0.15) is 0 Å². The summed E-state index contributed by atoms with van der Waals surface area (Å²) >= 11 is 0. The summed E-state index contributed by atoms with van der Waals surface area (Å²) in [7, 11) is 1.65. The van der Waals surface area contributed by atoms with Crippen LogP contribution in [0.4, 0.5) is 0 Å². The van der Waals surface area contributed by atoms with Crippen LogP contribution in [-0.4, -0.2) is 39.3 Å². The molecule has 0 aromatic heterocycles. The molecule has 0 rings (SSSR count). The summed E-state index contributed by atoms with van der Waals surface area (Å²) in [5, 5.41) is 0. The molecule has 0 unspecified atom stereocenters. The van der Waals surface area contributed by atoms with Gasteiger partial charge in [-0.1, -0.05) is 6.92 Å². The Morgan fingerprint density at radius 3 is 2.69 bits per heavy atom. The third-order valence-electron chi connectivity index (χ3n) is 1.47. The fourth-order valence-corrected chi connectivity index (χ4v) is 0.756. The van der Waals surface area contributed by atoms with Crippen molar-refractivity contribution in [3.63, 3.8) is 0 Å². The molecule has 0 aromatic rings. The van der Waals surface area contributed by atoms with Crippen molar-refractivity contribution in [3.05, 3.63) is 0 Å². The smallest absolute Gasteiger partial charge is 0.0960 e. The van der Waals surface area contributed by atoms with E-state index in [1.54, 1.807) is 7.11 Å². The van der Waals surface area contributed by atoms with Crippen molar-refractivity contribution in [1.82, 2.24) is 0 Å². The lowest BCUT2D eigenvalue weighted by Gasteiger charge is -2.02. The quantitative estimate of drug-likeness (QED) is 0.348. The molecule has 0 saturated heterocycles. The number of hydrogen-bond acceptors (Lipinski definition) is 3. The minimum Gasteiger partial charge on any atom is -0.387 e. The van der Waals surface area contributed by atoms with Gasteiger partial charge in [0.25, 0.3) is 0 Å². The van der Waals surface area contributed by atoms with Crippen LogP contribution in [0.2, 0.25) is 0 Å². The number of rotatable bonds is 8. The fraction of sp³-hybridized carbons (Fsp3) is 0.889. The third-order valence-corrected chi connectivity index (χ3v) is 1.47. The van der Waals surface area contributed by atoms with Gasteiger partial charge < -0.3 is 15.2 Å². The average Bonchev–Trinajstić information content (AvgIpc) is 2.14. The topological polar surface area (TPSA) is 56.8 Å². The molecule has 0 spiro atoms. The standard InChI is InChI=1S/C9H20N2O2/c1-3-5-11-9(10)4-6-13-8-7-12-2/h3-8H2,1-2H3,(H2,10,11). The van der Waals surface area contributed by atoms with E-state index in [0.29, 0.717) is 32.1 Å². The Morgan fingerprint density at radius 2 is 2.08 bits per heavy atom. The Kier molecular flexibility index (Phi) is 9.03. The van der Waals surface area contributed by atoms with Crippen molar-refractivity contribution in [2.45, 2.75) is 19.8 Å². The highest BCUT2D eigenvalue weighted by atomic mass is 16.5. The van der Waals surface area contributed by atoms with Gasteiger partial charge in [0.2, 0.25) is 0 Å². The molecule has 4 heteroatoms. The molecule has 0 amide bonds. The maximum Gasteiger partial charge on any atom is 0.0960 e. The van der Waals surface area contributed by atoms with Crippen LogP contribution in [0.25, 0.3) is 0 Å². The van der Waals surface area contributed by atoms with Gasteiger partial charge in [0, 0.05) is 20.1 Å². The second-order valence-electron chi connectivity index (χ2n) is 2.73. The van der Waals surface area contributed by atoms with Crippen LogP contribution in [0.15, 0.2) is 4.99 Å². The number of aliphatic imine (C=N–C) groups is 1.